The lowest BCUT2D eigenvalue weighted by Gasteiger charge is -2.39. The van der Waals surface area contributed by atoms with Gasteiger partial charge in [-0.05, 0) is 23.8 Å². The minimum atomic E-state index is -3.27. The fourth-order valence-corrected chi connectivity index (χ4v) is 3.53. The topological polar surface area (TPSA) is 44.7 Å². The number of aliphatic hydroxyl groups is 1. The van der Waals surface area contributed by atoms with Crippen LogP contribution < -0.4 is 10.1 Å². The Morgan fingerprint density at radius 2 is 1.88 bits per heavy atom. The van der Waals surface area contributed by atoms with Crippen LogP contribution in [0.1, 0.15) is 18.5 Å². The minimum Gasteiger partial charge on any atom is -0.494 e. The van der Waals surface area contributed by atoms with Crippen molar-refractivity contribution in [1.82, 2.24) is 10.2 Å². The number of hydrogen-bond acceptors (Lipinski definition) is 4. The number of halogens is 3. The van der Waals surface area contributed by atoms with E-state index in [-0.39, 0.29) is 12.4 Å². The smallest absolute Gasteiger partial charge is 0.290 e. The van der Waals surface area contributed by atoms with Crippen molar-refractivity contribution in [2.24, 2.45) is 0 Å². The van der Waals surface area contributed by atoms with Gasteiger partial charge in [-0.1, -0.05) is 30.3 Å². The lowest BCUT2D eigenvalue weighted by atomic mass is 9.92. The first-order valence-corrected chi connectivity index (χ1v) is 8.66. The molecule has 7 heteroatoms. The Morgan fingerprint density at radius 1 is 1.19 bits per heavy atom. The average Bonchev–Trinajstić information content (AvgIpc) is 2.64. The van der Waals surface area contributed by atoms with Gasteiger partial charge in [-0.3, -0.25) is 4.90 Å². The molecule has 0 radical (unpaired) electrons. The number of nitrogens with zero attached hydrogens (tertiary/aromatic N) is 1. The molecule has 1 aliphatic rings. The van der Waals surface area contributed by atoms with Crippen LogP contribution in [-0.4, -0.2) is 55.3 Å². The molecule has 1 aliphatic heterocycles. The molecule has 0 saturated carbocycles. The zero-order valence-corrected chi connectivity index (χ0v) is 15.6. The van der Waals surface area contributed by atoms with Crippen LogP contribution in [-0.2, 0) is 0 Å². The maximum atomic E-state index is 14.9. The fourth-order valence-electron chi connectivity index (χ4n) is 3.53. The molecule has 1 atom stereocenters. The van der Waals surface area contributed by atoms with Crippen LogP contribution in [0, 0.1) is 0 Å². The van der Waals surface area contributed by atoms with E-state index in [0.29, 0.717) is 44.1 Å². The molecule has 2 N–H and O–H groups in total. The van der Waals surface area contributed by atoms with E-state index in [2.05, 4.69) is 5.32 Å². The molecule has 4 nitrogen and oxygen atoms in total. The third kappa shape index (κ3) is 4.09. The van der Waals surface area contributed by atoms with E-state index >= 15 is 0 Å². The Bertz CT molecular complexity index is 724. The van der Waals surface area contributed by atoms with Crippen molar-refractivity contribution < 1.29 is 18.6 Å². The number of benzene rings is 2. The highest BCUT2D eigenvalue weighted by molar-refractivity contribution is 5.88. The van der Waals surface area contributed by atoms with Crippen molar-refractivity contribution in [3.63, 3.8) is 0 Å². The second-order valence-corrected chi connectivity index (χ2v) is 6.24. The minimum absolute atomic E-state index is 0. The van der Waals surface area contributed by atoms with Gasteiger partial charge in [-0.2, -0.15) is 0 Å². The zero-order chi connectivity index (χ0) is 17.9. The first kappa shape index (κ1) is 20.8. The summed E-state index contributed by atoms with van der Waals surface area (Å²) in [6, 6.07) is 9.88. The summed E-state index contributed by atoms with van der Waals surface area (Å²) < 4.78 is 35.4. The number of rotatable bonds is 6. The van der Waals surface area contributed by atoms with E-state index < -0.39 is 18.6 Å². The molecule has 1 heterocycles. The van der Waals surface area contributed by atoms with Crippen LogP contribution in [0.25, 0.3) is 10.8 Å². The lowest BCUT2D eigenvalue weighted by molar-refractivity contribution is -0.118. The summed E-state index contributed by atoms with van der Waals surface area (Å²) in [5.41, 5.74) is 0.459. The molecule has 3 rings (SSSR count). The number of alkyl halides is 2. The van der Waals surface area contributed by atoms with E-state index in [1.807, 2.05) is 37.3 Å². The standard InChI is InChI=1S/C19H24F2N2O2.ClH/c1-2-25-16-8-7-14-5-3-4-6-15(14)17(16)18(19(20,21)13-24)23-11-9-22-10-12-23;/h3-8,18,22,24H,2,9-13H2,1H3;1H/t18-;/m1./s1. The molecule has 1 fully saturated rings. The number of hydrogen-bond donors (Lipinski definition) is 2. The molecule has 0 amide bonds. The van der Waals surface area contributed by atoms with Gasteiger partial charge in [0.25, 0.3) is 5.92 Å². The monoisotopic (exact) mass is 386 g/mol. The van der Waals surface area contributed by atoms with Crippen LogP contribution >= 0.6 is 12.4 Å². The van der Waals surface area contributed by atoms with Crippen LogP contribution in [0.4, 0.5) is 8.78 Å². The van der Waals surface area contributed by atoms with Gasteiger partial charge in [0.15, 0.2) is 0 Å². The summed E-state index contributed by atoms with van der Waals surface area (Å²) in [6.07, 6.45) is 0. The molecular weight excluding hydrogens is 362 g/mol. The van der Waals surface area contributed by atoms with E-state index in [0.717, 1.165) is 10.8 Å². The average molecular weight is 387 g/mol. The van der Waals surface area contributed by atoms with Crippen LogP contribution in [0.2, 0.25) is 0 Å². The van der Waals surface area contributed by atoms with Gasteiger partial charge in [0.1, 0.15) is 18.4 Å². The molecule has 0 spiro atoms. The normalized spacial score (nSPS) is 16.9. The van der Waals surface area contributed by atoms with Crippen LogP contribution in [0.3, 0.4) is 0 Å². The van der Waals surface area contributed by atoms with Gasteiger partial charge in [-0.15, -0.1) is 12.4 Å². The first-order chi connectivity index (χ1) is 12.1. The lowest BCUT2D eigenvalue weighted by Crippen LogP contribution is -2.51. The van der Waals surface area contributed by atoms with Gasteiger partial charge >= 0.3 is 0 Å². The second-order valence-electron chi connectivity index (χ2n) is 6.24. The van der Waals surface area contributed by atoms with Crippen LogP contribution in [0.15, 0.2) is 36.4 Å². The Hall–Kier alpha value is -1.47. The predicted molar refractivity (Wildman–Crippen MR) is 102 cm³/mol. The van der Waals surface area contributed by atoms with Gasteiger partial charge in [0.05, 0.1) is 6.61 Å². The summed E-state index contributed by atoms with van der Waals surface area (Å²) in [7, 11) is 0. The highest BCUT2D eigenvalue weighted by Gasteiger charge is 2.46. The number of fused-ring (bicyclic) bond motifs is 1. The largest absolute Gasteiger partial charge is 0.494 e. The van der Waals surface area contributed by atoms with Crippen molar-refractivity contribution in [2.75, 3.05) is 39.4 Å². The van der Waals surface area contributed by atoms with Crippen molar-refractivity contribution in [1.29, 1.82) is 0 Å². The van der Waals surface area contributed by atoms with E-state index in [9.17, 15) is 13.9 Å². The molecule has 2 aromatic rings. The SMILES string of the molecule is CCOc1ccc2ccccc2c1[C@@H](N1CCNCC1)C(F)(F)CO.Cl. The predicted octanol–water partition coefficient (Wildman–Crippen LogP) is 3.23. The van der Waals surface area contributed by atoms with Gasteiger partial charge in [-0.25, -0.2) is 8.78 Å². The Labute approximate surface area is 158 Å². The van der Waals surface area contributed by atoms with E-state index in [1.165, 1.54) is 0 Å². The van der Waals surface area contributed by atoms with Crippen molar-refractivity contribution in [2.45, 2.75) is 18.9 Å². The van der Waals surface area contributed by atoms with E-state index in [4.69, 9.17) is 4.74 Å². The Kier molecular flexibility index (Phi) is 7.17. The molecule has 0 bridgehead atoms. The van der Waals surface area contributed by atoms with Crippen LogP contribution in [0.5, 0.6) is 5.75 Å². The molecular formula is C19H25ClF2N2O2. The molecule has 0 aliphatic carbocycles. The Morgan fingerprint density at radius 3 is 2.54 bits per heavy atom. The van der Waals surface area contributed by atoms with Crippen molar-refractivity contribution in [3.8, 4) is 5.75 Å². The molecule has 0 aromatic heterocycles. The summed E-state index contributed by atoms with van der Waals surface area (Å²) in [6.45, 7) is 3.31. The number of aliphatic hydroxyl groups excluding tert-OH is 1. The zero-order valence-electron chi connectivity index (χ0n) is 14.8. The summed E-state index contributed by atoms with van der Waals surface area (Å²) in [5.74, 6) is -2.81. The maximum absolute atomic E-state index is 14.9. The summed E-state index contributed by atoms with van der Waals surface area (Å²) in [5, 5.41) is 14.2. The Balaban J connectivity index is 0.00000243. The number of piperazine rings is 1. The third-order valence-electron chi connectivity index (χ3n) is 4.63. The second kappa shape index (κ2) is 8.95. The highest BCUT2D eigenvalue weighted by Crippen LogP contribution is 2.44. The van der Waals surface area contributed by atoms with Crippen molar-refractivity contribution in [3.05, 3.63) is 42.0 Å². The van der Waals surface area contributed by atoms with Gasteiger partial charge in [0.2, 0.25) is 0 Å². The summed E-state index contributed by atoms with van der Waals surface area (Å²) in [4.78, 5) is 1.75. The number of ether oxygens (including phenoxy) is 1. The number of nitrogens with one attached hydrogen (secondary N) is 1. The third-order valence-corrected chi connectivity index (χ3v) is 4.63. The molecule has 0 unspecified atom stereocenters. The maximum Gasteiger partial charge on any atom is 0.290 e. The van der Waals surface area contributed by atoms with E-state index in [1.54, 1.807) is 11.0 Å². The fraction of sp³-hybridized carbons (Fsp3) is 0.474. The molecule has 26 heavy (non-hydrogen) atoms. The highest BCUT2D eigenvalue weighted by atomic mass is 35.5. The molecule has 144 valence electrons. The molecule has 2 aromatic carbocycles. The van der Waals surface area contributed by atoms with Gasteiger partial charge < -0.3 is 15.2 Å². The quantitative estimate of drug-likeness (QED) is 0.800. The van der Waals surface area contributed by atoms with Gasteiger partial charge in [0, 0.05) is 31.7 Å². The summed E-state index contributed by atoms with van der Waals surface area (Å²) >= 11 is 0. The first-order valence-electron chi connectivity index (χ1n) is 8.66. The molecule has 1 saturated heterocycles. The van der Waals surface area contributed by atoms with Crippen molar-refractivity contribution >= 4 is 23.2 Å².